The molecular formula is C20H23F3N2O. The minimum Gasteiger partial charge on any atom is -0.287 e. The maximum Gasteiger partial charge on any atom is 0.409 e. The molecule has 1 fully saturated rings. The maximum atomic E-state index is 14.1. The fourth-order valence-electron chi connectivity index (χ4n) is 3.63. The lowest BCUT2D eigenvalue weighted by Gasteiger charge is -2.31. The summed E-state index contributed by atoms with van der Waals surface area (Å²) in [6.07, 6.45) is -3.21. The zero-order valence-corrected chi connectivity index (χ0v) is 15.2. The Morgan fingerprint density at radius 3 is 2.46 bits per heavy atom. The van der Waals surface area contributed by atoms with E-state index in [2.05, 4.69) is 5.43 Å². The number of fused-ring (bicyclic) bond motifs is 1. The van der Waals surface area contributed by atoms with Crippen LogP contribution in [-0.2, 0) is 11.2 Å². The number of benzene rings is 2. The molecule has 3 rings (SSSR count). The molecule has 0 spiro atoms. The van der Waals surface area contributed by atoms with Gasteiger partial charge in [0.05, 0.1) is 5.41 Å². The van der Waals surface area contributed by atoms with Gasteiger partial charge < -0.3 is 0 Å². The second-order valence-electron chi connectivity index (χ2n) is 7.50. The van der Waals surface area contributed by atoms with Gasteiger partial charge in [0.2, 0.25) is 5.91 Å². The van der Waals surface area contributed by atoms with Crippen molar-refractivity contribution in [1.29, 1.82) is 0 Å². The van der Waals surface area contributed by atoms with Gasteiger partial charge in [0.1, 0.15) is 6.04 Å². The molecule has 2 aromatic carbocycles. The predicted octanol–water partition coefficient (Wildman–Crippen LogP) is 4.77. The van der Waals surface area contributed by atoms with Gasteiger partial charge in [0.25, 0.3) is 0 Å². The first-order valence-corrected chi connectivity index (χ1v) is 8.80. The molecule has 0 bridgehead atoms. The van der Waals surface area contributed by atoms with Gasteiger partial charge in [-0.3, -0.25) is 10.2 Å². The molecule has 1 heterocycles. The van der Waals surface area contributed by atoms with Crippen molar-refractivity contribution in [3.05, 3.63) is 47.5 Å². The third kappa shape index (κ3) is 3.30. The molecule has 2 aromatic rings. The molecule has 1 N–H and O–H groups in total. The molecule has 6 heteroatoms. The monoisotopic (exact) mass is 364 g/mol. The second kappa shape index (κ2) is 6.58. The lowest BCUT2D eigenvalue weighted by Crippen LogP contribution is -2.44. The van der Waals surface area contributed by atoms with Crippen molar-refractivity contribution in [2.45, 2.75) is 45.8 Å². The number of alkyl halides is 3. The van der Waals surface area contributed by atoms with Crippen LogP contribution in [0.4, 0.5) is 13.2 Å². The van der Waals surface area contributed by atoms with E-state index in [0.717, 1.165) is 22.2 Å². The van der Waals surface area contributed by atoms with Gasteiger partial charge in [-0.05, 0) is 42.2 Å². The van der Waals surface area contributed by atoms with E-state index >= 15 is 0 Å². The van der Waals surface area contributed by atoms with Crippen LogP contribution in [0.15, 0.2) is 36.4 Å². The molecule has 0 saturated carbocycles. The number of amides is 1. The normalized spacial score (nSPS) is 18.9. The smallest absolute Gasteiger partial charge is 0.287 e. The number of nitrogens with zero attached hydrogens (tertiary/aromatic N) is 1. The largest absolute Gasteiger partial charge is 0.409 e. The molecule has 0 aliphatic carbocycles. The number of halogens is 3. The molecular weight excluding hydrogens is 341 g/mol. The molecule has 0 radical (unpaired) electrons. The van der Waals surface area contributed by atoms with Crippen LogP contribution in [0.3, 0.4) is 0 Å². The Morgan fingerprint density at radius 2 is 1.88 bits per heavy atom. The predicted molar refractivity (Wildman–Crippen MR) is 95.4 cm³/mol. The number of carbonyl (C=O) groups excluding carboxylic acids is 1. The quantitative estimate of drug-likeness (QED) is 0.848. The molecule has 0 aromatic heterocycles. The average molecular weight is 364 g/mol. The van der Waals surface area contributed by atoms with Crippen LogP contribution in [0.25, 0.3) is 10.8 Å². The summed E-state index contributed by atoms with van der Waals surface area (Å²) >= 11 is 0. The molecule has 1 amide bonds. The molecule has 26 heavy (non-hydrogen) atoms. The molecule has 140 valence electrons. The number of aryl methyl sites for hydroxylation is 1. The number of rotatable bonds is 4. The Balaban J connectivity index is 2.16. The van der Waals surface area contributed by atoms with Gasteiger partial charge in [-0.1, -0.05) is 49.7 Å². The van der Waals surface area contributed by atoms with Crippen LogP contribution in [-0.4, -0.2) is 23.6 Å². The van der Waals surface area contributed by atoms with Gasteiger partial charge in [-0.2, -0.15) is 13.2 Å². The zero-order chi connectivity index (χ0) is 19.1. The summed E-state index contributed by atoms with van der Waals surface area (Å²) in [6.45, 7) is 5.27. The van der Waals surface area contributed by atoms with Crippen molar-refractivity contribution in [3.8, 4) is 0 Å². The lowest BCUT2D eigenvalue weighted by atomic mass is 9.90. The number of hydrogen-bond acceptors (Lipinski definition) is 2. The van der Waals surface area contributed by atoms with Crippen LogP contribution in [0.5, 0.6) is 0 Å². The maximum absolute atomic E-state index is 14.1. The van der Waals surface area contributed by atoms with Crippen molar-refractivity contribution in [3.63, 3.8) is 0 Å². The van der Waals surface area contributed by atoms with Gasteiger partial charge in [0, 0.05) is 6.54 Å². The van der Waals surface area contributed by atoms with E-state index in [0.29, 0.717) is 12.0 Å². The van der Waals surface area contributed by atoms with Gasteiger partial charge >= 0.3 is 6.18 Å². The van der Waals surface area contributed by atoms with Gasteiger partial charge in [0.15, 0.2) is 0 Å². The van der Waals surface area contributed by atoms with Crippen molar-refractivity contribution < 1.29 is 18.0 Å². The zero-order valence-electron chi connectivity index (χ0n) is 15.2. The van der Waals surface area contributed by atoms with Crippen molar-refractivity contribution >= 4 is 16.7 Å². The first-order valence-electron chi connectivity index (χ1n) is 8.80. The number of carbonyl (C=O) groups is 1. The highest BCUT2D eigenvalue weighted by Gasteiger charge is 2.51. The minimum absolute atomic E-state index is 0.00834. The fourth-order valence-corrected chi connectivity index (χ4v) is 3.63. The first kappa shape index (κ1) is 18.7. The summed E-state index contributed by atoms with van der Waals surface area (Å²) in [5.74, 6) is -0.385. The number of hydrogen-bond donors (Lipinski definition) is 1. The Labute approximate surface area is 151 Å². The van der Waals surface area contributed by atoms with E-state index in [1.165, 1.54) is 0 Å². The minimum atomic E-state index is -4.50. The highest BCUT2D eigenvalue weighted by Crippen LogP contribution is 2.43. The number of nitrogens with one attached hydrogen (secondary N) is 1. The van der Waals surface area contributed by atoms with E-state index in [-0.39, 0.29) is 18.0 Å². The third-order valence-corrected chi connectivity index (χ3v) is 4.92. The highest BCUT2D eigenvalue weighted by molar-refractivity contribution is 5.87. The second-order valence-corrected chi connectivity index (χ2v) is 7.50. The van der Waals surface area contributed by atoms with Crippen LogP contribution in [0.2, 0.25) is 0 Å². The summed E-state index contributed by atoms with van der Waals surface area (Å²) in [4.78, 5) is 12.1. The standard InChI is InChI=1S/C20H23F3N2O/c1-4-7-15-14-9-6-5-8-13(14)10-11-16(15)17(20(21,22)23)25-12-19(2,3)18(26)24-25/h5-6,8-11,17H,4,7,12H2,1-3H3,(H,24,26). The summed E-state index contributed by atoms with van der Waals surface area (Å²) in [5, 5.41) is 2.81. The summed E-state index contributed by atoms with van der Waals surface area (Å²) in [5.41, 5.74) is 2.50. The Bertz CT molecular complexity index is 829. The summed E-state index contributed by atoms with van der Waals surface area (Å²) in [7, 11) is 0. The van der Waals surface area contributed by atoms with Crippen LogP contribution >= 0.6 is 0 Å². The number of hydrazine groups is 1. The average Bonchev–Trinajstić information content (AvgIpc) is 2.81. The molecule has 1 aliphatic rings. The van der Waals surface area contributed by atoms with E-state index in [1.807, 2.05) is 31.2 Å². The summed E-state index contributed by atoms with van der Waals surface area (Å²) < 4.78 is 42.2. The first-order chi connectivity index (χ1) is 12.1. The fraction of sp³-hybridized carbons (Fsp3) is 0.450. The Morgan fingerprint density at radius 1 is 1.19 bits per heavy atom. The Kier molecular flexibility index (Phi) is 4.73. The lowest BCUT2D eigenvalue weighted by molar-refractivity contribution is -0.191. The van der Waals surface area contributed by atoms with Crippen molar-refractivity contribution in [1.82, 2.24) is 10.4 Å². The van der Waals surface area contributed by atoms with Crippen molar-refractivity contribution in [2.75, 3.05) is 6.54 Å². The van der Waals surface area contributed by atoms with Crippen LogP contribution in [0.1, 0.15) is 44.4 Å². The van der Waals surface area contributed by atoms with Gasteiger partial charge in [-0.25, -0.2) is 5.01 Å². The SMILES string of the molecule is CCCc1c(C(N2CC(C)(C)C(=O)N2)C(F)(F)F)ccc2ccccc12. The van der Waals surface area contributed by atoms with Crippen LogP contribution in [0, 0.1) is 5.41 Å². The molecule has 1 unspecified atom stereocenters. The van der Waals surface area contributed by atoms with Crippen molar-refractivity contribution in [2.24, 2.45) is 5.41 Å². The molecule has 1 saturated heterocycles. The topological polar surface area (TPSA) is 32.3 Å². The van der Waals surface area contributed by atoms with E-state index in [4.69, 9.17) is 0 Å². The summed E-state index contributed by atoms with van der Waals surface area (Å²) in [6, 6.07) is 8.91. The molecule has 3 nitrogen and oxygen atoms in total. The Hall–Kier alpha value is -2.08. The van der Waals surface area contributed by atoms with E-state index in [1.54, 1.807) is 26.0 Å². The molecule has 1 aliphatic heterocycles. The van der Waals surface area contributed by atoms with E-state index in [9.17, 15) is 18.0 Å². The van der Waals surface area contributed by atoms with E-state index < -0.39 is 17.6 Å². The molecule has 1 atom stereocenters. The highest BCUT2D eigenvalue weighted by atomic mass is 19.4. The third-order valence-electron chi connectivity index (χ3n) is 4.92. The van der Waals surface area contributed by atoms with Gasteiger partial charge in [-0.15, -0.1) is 0 Å². The van der Waals surface area contributed by atoms with Crippen LogP contribution < -0.4 is 5.43 Å².